The minimum absolute atomic E-state index is 1.18. The minimum atomic E-state index is -1.76. The Kier molecular flexibility index (Phi) is 4.29. The summed E-state index contributed by atoms with van der Waals surface area (Å²) in [5.74, 6) is 0. The number of allylic oxidation sites excluding steroid dienone is 4. The van der Waals surface area contributed by atoms with Crippen LogP contribution in [-0.4, -0.2) is 15.3 Å². The van der Waals surface area contributed by atoms with Gasteiger partial charge in [0, 0.05) is 0 Å². The quantitative estimate of drug-likeness (QED) is 0.420. The standard InChI is InChI=1S/C13H9.C5H5.2CH3.Hf.Sn.H/c1-3-7-12-10(5-1)9-11-6-2-4-8-13(11)12;1-2-4-5-3-1;;;;;/h1-5,7-8H,9H2;1-3H,4H2;2*1H3;;;. The number of rotatable bonds is 3. The van der Waals surface area contributed by atoms with Crippen LogP contribution in [0.2, 0.25) is 9.88 Å². The van der Waals surface area contributed by atoms with E-state index in [1.807, 2.05) is 6.65 Å². The summed E-state index contributed by atoms with van der Waals surface area (Å²) < 4.78 is 3.72. The molecule has 0 saturated heterocycles. The molecule has 2 aromatic rings. The SMILES string of the molecule is [CH3][SnH]([CH3])[Hf]([C]1=CC=CC1)[c]1cccc2c1Cc1ccccc1-2. The second-order valence-corrected chi connectivity index (χ2v) is 61.7. The fraction of sp³-hybridized carbons (Fsp3) is 0.200. The van der Waals surface area contributed by atoms with Crippen LogP contribution in [0.15, 0.2) is 64.0 Å². The second-order valence-electron chi connectivity index (χ2n) is 6.56. The van der Waals surface area contributed by atoms with Gasteiger partial charge < -0.3 is 0 Å². The fourth-order valence-electron chi connectivity index (χ4n) is 3.91. The zero-order valence-corrected chi connectivity index (χ0v) is 20.2. The number of hydrogen-bond acceptors (Lipinski definition) is 0. The van der Waals surface area contributed by atoms with Crippen LogP contribution in [0.5, 0.6) is 0 Å². The summed E-state index contributed by atoms with van der Waals surface area (Å²) in [5.41, 5.74) is 6.26. The summed E-state index contributed by atoms with van der Waals surface area (Å²) in [6.45, 7) is 0. The molecule has 0 saturated carbocycles. The van der Waals surface area contributed by atoms with Crippen molar-refractivity contribution >= 4 is 18.6 Å². The van der Waals surface area contributed by atoms with Gasteiger partial charge in [-0.1, -0.05) is 0 Å². The van der Waals surface area contributed by atoms with Crippen molar-refractivity contribution in [2.24, 2.45) is 0 Å². The molecule has 109 valence electrons. The van der Waals surface area contributed by atoms with Crippen LogP contribution in [0.1, 0.15) is 17.5 Å². The Hall–Kier alpha value is -0.411. The predicted molar refractivity (Wildman–Crippen MR) is 95.0 cm³/mol. The first-order valence-corrected chi connectivity index (χ1v) is 33.9. The van der Waals surface area contributed by atoms with Crippen LogP contribution in [0.4, 0.5) is 0 Å². The van der Waals surface area contributed by atoms with Gasteiger partial charge in [0.2, 0.25) is 0 Å². The van der Waals surface area contributed by atoms with Crippen molar-refractivity contribution in [3.8, 4) is 11.1 Å². The average Bonchev–Trinajstić information content (AvgIpc) is 3.15. The molecule has 22 heavy (non-hydrogen) atoms. The van der Waals surface area contributed by atoms with Gasteiger partial charge in [0.15, 0.2) is 0 Å². The van der Waals surface area contributed by atoms with Gasteiger partial charge in [-0.15, -0.1) is 0 Å². The van der Waals surface area contributed by atoms with Gasteiger partial charge in [0.05, 0.1) is 0 Å². The van der Waals surface area contributed by atoms with Crippen molar-refractivity contribution in [2.45, 2.75) is 22.7 Å². The van der Waals surface area contributed by atoms with Crippen molar-refractivity contribution in [1.82, 2.24) is 0 Å². The molecule has 0 unspecified atom stereocenters. The van der Waals surface area contributed by atoms with Crippen LogP contribution in [-0.2, 0) is 23.7 Å². The Morgan fingerprint density at radius 2 is 1.77 bits per heavy atom. The van der Waals surface area contributed by atoms with Crippen LogP contribution in [0.3, 0.4) is 0 Å². The zero-order valence-electron chi connectivity index (χ0n) is 13.3. The summed E-state index contributed by atoms with van der Waals surface area (Å²) in [6, 6.07) is 16.2. The normalized spacial score (nSPS) is 15.0. The number of benzene rings is 2. The Bertz CT molecular complexity index is 786. The molecule has 0 aliphatic heterocycles. The third-order valence-corrected chi connectivity index (χ3v) is 59.5. The van der Waals surface area contributed by atoms with E-state index >= 15 is 0 Å². The molecule has 2 aromatic carbocycles. The zero-order chi connectivity index (χ0) is 15.1. The molecule has 0 atom stereocenters. The van der Waals surface area contributed by atoms with E-state index in [0.717, 1.165) is 0 Å². The van der Waals surface area contributed by atoms with Gasteiger partial charge in [-0.3, -0.25) is 0 Å². The maximum absolute atomic E-state index is 2.66. The molecule has 0 nitrogen and oxygen atoms in total. The molecule has 0 aromatic heterocycles. The second kappa shape index (κ2) is 6.24. The van der Waals surface area contributed by atoms with Gasteiger partial charge in [-0.25, -0.2) is 0 Å². The van der Waals surface area contributed by atoms with Crippen molar-refractivity contribution < 1.29 is 17.3 Å². The molecule has 0 fully saturated rings. The van der Waals surface area contributed by atoms with Crippen LogP contribution >= 0.6 is 0 Å². The summed E-state index contributed by atoms with van der Waals surface area (Å²) >= 11 is -3.08. The first-order valence-electron chi connectivity index (χ1n) is 8.19. The summed E-state index contributed by atoms with van der Waals surface area (Å²) in [4.78, 5) is 5.31. The maximum atomic E-state index is 2.66. The third-order valence-electron chi connectivity index (χ3n) is 4.84. The summed E-state index contributed by atoms with van der Waals surface area (Å²) in [6.07, 6.45) is 9.57. The first-order chi connectivity index (χ1) is 10.8. The van der Waals surface area contributed by atoms with E-state index in [-0.39, 0.29) is 0 Å². The van der Waals surface area contributed by atoms with Crippen molar-refractivity contribution in [3.63, 3.8) is 0 Å². The van der Waals surface area contributed by atoms with Gasteiger partial charge in [-0.05, 0) is 0 Å². The number of hydrogen-bond donors (Lipinski definition) is 0. The molecule has 2 aliphatic rings. The topological polar surface area (TPSA) is 0 Å². The van der Waals surface area contributed by atoms with Gasteiger partial charge >= 0.3 is 145 Å². The molecular formula is C20H21HfSn. The molecule has 0 spiro atoms. The van der Waals surface area contributed by atoms with E-state index in [9.17, 15) is 0 Å². The summed E-state index contributed by atoms with van der Waals surface area (Å²) in [7, 11) is 0. The molecule has 2 aliphatic carbocycles. The van der Waals surface area contributed by atoms with Crippen molar-refractivity contribution in [2.75, 3.05) is 0 Å². The Labute approximate surface area is 143 Å². The molecule has 0 N–H and O–H groups in total. The van der Waals surface area contributed by atoms with E-state index in [0.29, 0.717) is 0 Å². The Morgan fingerprint density at radius 1 is 0.955 bits per heavy atom. The van der Waals surface area contributed by atoms with Gasteiger partial charge in [-0.2, -0.15) is 0 Å². The molecule has 0 heterocycles. The van der Waals surface area contributed by atoms with Crippen LogP contribution < -0.4 is 3.32 Å². The third kappa shape index (κ3) is 2.54. The molecular weight excluding hydrogens is 537 g/mol. The monoisotopic (exact) mass is 561 g/mol. The van der Waals surface area contributed by atoms with E-state index < -0.39 is 32.6 Å². The first kappa shape index (κ1) is 15.1. The van der Waals surface area contributed by atoms with Gasteiger partial charge in [0.25, 0.3) is 0 Å². The van der Waals surface area contributed by atoms with Crippen molar-refractivity contribution in [1.29, 1.82) is 0 Å². The average molecular weight is 559 g/mol. The van der Waals surface area contributed by atoms with E-state index in [1.54, 1.807) is 5.56 Å². The molecule has 0 amide bonds. The molecule has 0 bridgehead atoms. The van der Waals surface area contributed by atoms with E-state index in [1.165, 1.54) is 29.5 Å². The predicted octanol–water partition coefficient (Wildman–Crippen LogP) is 4.33. The fourth-order valence-corrected chi connectivity index (χ4v) is 58.4. The van der Waals surface area contributed by atoms with Crippen LogP contribution in [0.25, 0.3) is 11.1 Å². The Morgan fingerprint density at radius 3 is 2.55 bits per heavy atom. The van der Waals surface area contributed by atoms with Crippen molar-refractivity contribution in [3.05, 3.63) is 75.1 Å². The van der Waals surface area contributed by atoms with Gasteiger partial charge in [0.1, 0.15) is 0 Å². The Balaban J connectivity index is 1.84. The molecule has 4 rings (SSSR count). The van der Waals surface area contributed by atoms with E-state index in [4.69, 9.17) is 0 Å². The van der Waals surface area contributed by atoms with E-state index in [2.05, 4.69) is 70.6 Å². The molecule has 0 radical (unpaired) electrons. The van der Waals surface area contributed by atoms with Crippen LogP contribution in [0, 0.1) is 0 Å². The summed E-state index contributed by atoms with van der Waals surface area (Å²) in [5, 5.41) is 0. The molecule has 2 heteroatoms. The number of fused-ring (bicyclic) bond motifs is 3.